The molecule has 0 bridgehead atoms. The molecule has 9 nitrogen and oxygen atoms in total. The Morgan fingerprint density at radius 2 is 1.36 bits per heavy atom. The van der Waals surface area contributed by atoms with Crippen molar-refractivity contribution in [3.8, 4) is 23.6 Å². The molecule has 4 heterocycles. The number of nitriles is 2. The third kappa shape index (κ3) is 6.34. The Morgan fingerprint density at radius 3 is 1.98 bits per heavy atom. The molecule has 0 saturated heterocycles. The van der Waals surface area contributed by atoms with E-state index in [9.17, 15) is 32.9 Å². The van der Waals surface area contributed by atoms with Crippen LogP contribution in [0.4, 0.5) is 17.6 Å². The monoisotopic (exact) mass is 756 g/mol. The fraction of sp³-hybridized carbons (Fsp3) is 0.237. The molecule has 0 aliphatic carbocycles. The van der Waals surface area contributed by atoms with Crippen molar-refractivity contribution in [1.29, 1.82) is 10.5 Å². The Labute approximate surface area is 310 Å². The van der Waals surface area contributed by atoms with Crippen LogP contribution in [-0.2, 0) is 14.5 Å². The number of rotatable bonds is 4. The predicted molar refractivity (Wildman–Crippen MR) is 191 cm³/mol. The maximum Gasteiger partial charge on any atom is 0.241 e. The zero-order valence-corrected chi connectivity index (χ0v) is 29.5. The van der Waals surface area contributed by atoms with Crippen LogP contribution in [0, 0.1) is 57.8 Å². The second-order valence-electron chi connectivity index (χ2n) is 12.4. The van der Waals surface area contributed by atoms with Gasteiger partial charge in [0.2, 0.25) is 5.91 Å². The Balaban J connectivity index is 0.000000165. The van der Waals surface area contributed by atoms with Gasteiger partial charge in [0.15, 0.2) is 4.87 Å². The third-order valence-electron chi connectivity index (χ3n) is 9.20. The molecule has 4 aliphatic heterocycles. The number of hydrogen-bond donors (Lipinski definition) is 1. The first-order chi connectivity index (χ1) is 25.6. The largest absolute Gasteiger partial charge is 0.493 e. The van der Waals surface area contributed by atoms with E-state index >= 15 is 0 Å². The number of amides is 1. The molecule has 4 aliphatic rings. The van der Waals surface area contributed by atoms with Gasteiger partial charge in [0, 0.05) is 53.9 Å². The molecule has 1 amide bonds. The Morgan fingerprint density at radius 1 is 0.811 bits per heavy atom. The van der Waals surface area contributed by atoms with E-state index in [1.807, 2.05) is 36.4 Å². The van der Waals surface area contributed by atoms with Crippen molar-refractivity contribution < 1.29 is 31.8 Å². The highest BCUT2D eigenvalue weighted by Crippen LogP contribution is 2.57. The number of carbonyl (C=O) groups excluding carboxylic acids is 1. The number of para-hydroxylation sites is 2. The van der Waals surface area contributed by atoms with E-state index < -0.39 is 38.9 Å². The van der Waals surface area contributed by atoms with Gasteiger partial charge in [-0.2, -0.15) is 20.7 Å². The lowest BCUT2D eigenvalue weighted by Gasteiger charge is -2.44. The van der Waals surface area contributed by atoms with Gasteiger partial charge < -0.3 is 9.47 Å². The number of benzene rings is 4. The topological polar surface area (TPSA) is 123 Å². The van der Waals surface area contributed by atoms with Crippen LogP contribution in [-0.4, -0.2) is 34.2 Å². The van der Waals surface area contributed by atoms with Crippen molar-refractivity contribution in [1.82, 2.24) is 10.4 Å². The molecule has 8 rings (SSSR count). The number of carbonyl (C=O) groups is 1. The van der Waals surface area contributed by atoms with Crippen LogP contribution in [0.15, 0.2) is 95.1 Å². The van der Waals surface area contributed by atoms with Gasteiger partial charge in [-0.15, -0.1) is 0 Å². The van der Waals surface area contributed by atoms with E-state index in [1.165, 1.54) is 23.7 Å². The van der Waals surface area contributed by atoms with Gasteiger partial charge in [0.25, 0.3) is 0 Å². The summed E-state index contributed by atoms with van der Waals surface area (Å²) in [4.78, 5) is 10.7. The highest BCUT2D eigenvalue weighted by Gasteiger charge is 2.57. The standard InChI is InChI=1S/C20H15F2N3O2S.C18H13F2N3OS/c1-12(26)25-20(28-19(24-25)15-10-14(21)6-7-17(15)22)13(8-9-23)11-27-18-5-3-2-4-16(18)20;19-12-5-6-15(20)13(9-12)17-22-23-18(25-17)11(7-8-21)10-24-16-4-2-1-3-14(16)18/h2-7,10,13H,8,11H2,1H3;1-6,9,11,23H,7,10H2. The van der Waals surface area contributed by atoms with Gasteiger partial charge in [-0.1, -0.05) is 59.9 Å². The maximum absolute atomic E-state index is 14.4. The van der Waals surface area contributed by atoms with E-state index in [1.54, 1.807) is 12.1 Å². The summed E-state index contributed by atoms with van der Waals surface area (Å²) in [5, 5.41) is 29.0. The molecule has 2 spiro atoms. The molecule has 4 aromatic carbocycles. The molecule has 0 fully saturated rings. The quantitative estimate of drug-likeness (QED) is 0.210. The molecular formula is C38H28F4N6O3S2. The van der Waals surface area contributed by atoms with Crippen LogP contribution in [0.3, 0.4) is 0 Å². The van der Waals surface area contributed by atoms with Crippen LogP contribution in [0.1, 0.15) is 42.0 Å². The third-order valence-corrected chi connectivity index (χ3v) is 12.2. The minimum atomic E-state index is -1.06. The lowest BCUT2D eigenvalue weighted by molar-refractivity contribution is -0.134. The zero-order valence-electron chi connectivity index (χ0n) is 27.9. The van der Waals surface area contributed by atoms with Gasteiger partial charge in [0.05, 0.1) is 25.4 Å². The highest BCUT2D eigenvalue weighted by atomic mass is 32.2. The van der Waals surface area contributed by atoms with Crippen LogP contribution < -0.4 is 14.9 Å². The summed E-state index contributed by atoms with van der Waals surface area (Å²) in [7, 11) is 0. The maximum atomic E-state index is 14.4. The fourth-order valence-electron chi connectivity index (χ4n) is 6.73. The van der Waals surface area contributed by atoms with Crippen molar-refractivity contribution >= 4 is 39.5 Å². The van der Waals surface area contributed by atoms with Crippen LogP contribution in [0.5, 0.6) is 11.5 Å². The molecule has 1 N–H and O–H groups in total. The highest BCUT2D eigenvalue weighted by molar-refractivity contribution is 8.15. The first-order valence-electron chi connectivity index (χ1n) is 16.3. The van der Waals surface area contributed by atoms with E-state index in [2.05, 4.69) is 27.8 Å². The summed E-state index contributed by atoms with van der Waals surface area (Å²) in [6.45, 7) is 1.91. The molecular weight excluding hydrogens is 729 g/mol. The summed E-state index contributed by atoms with van der Waals surface area (Å²) in [6, 6.07) is 25.4. The Hall–Kier alpha value is -5.51. The van der Waals surface area contributed by atoms with Crippen LogP contribution in [0.25, 0.3) is 0 Å². The normalized spacial score (nSPS) is 23.5. The Kier molecular flexibility index (Phi) is 9.81. The molecule has 0 aromatic heterocycles. The van der Waals surface area contributed by atoms with Gasteiger partial charge in [-0.05, 0) is 48.5 Å². The molecule has 4 unspecified atom stereocenters. The predicted octanol–water partition coefficient (Wildman–Crippen LogP) is 7.74. The molecule has 4 aromatic rings. The second kappa shape index (κ2) is 14.5. The average molecular weight is 757 g/mol. The molecule has 0 radical (unpaired) electrons. The van der Waals surface area contributed by atoms with Crippen molar-refractivity contribution in [2.75, 3.05) is 13.2 Å². The summed E-state index contributed by atoms with van der Waals surface area (Å²) < 4.78 is 67.4. The summed E-state index contributed by atoms with van der Waals surface area (Å²) in [6.07, 6.45) is 0.363. The van der Waals surface area contributed by atoms with Gasteiger partial charge in [0.1, 0.15) is 49.7 Å². The van der Waals surface area contributed by atoms with E-state index in [4.69, 9.17) is 9.47 Å². The number of thioether (sulfide) groups is 2. The smallest absolute Gasteiger partial charge is 0.241 e. The van der Waals surface area contributed by atoms with Gasteiger partial charge in [-0.25, -0.2) is 22.6 Å². The molecule has 53 heavy (non-hydrogen) atoms. The van der Waals surface area contributed by atoms with Crippen molar-refractivity contribution in [3.63, 3.8) is 0 Å². The molecule has 4 atom stereocenters. The number of fused-ring (bicyclic) bond motifs is 4. The van der Waals surface area contributed by atoms with E-state index in [-0.39, 0.29) is 47.4 Å². The van der Waals surface area contributed by atoms with Crippen molar-refractivity contribution in [3.05, 3.63) is 130 Å². The average Bonchev–Trinajstić information content (AvgIpc) is 3.78. The first kappa shape index (κ1) is 35.9. The summed E-state index contributed by atoms with van der Waals surface area (Å²) >= 11 is 2.46. The molecule has 15 heteroatoms. The molecule has 268 valence electrons. The van der Waals surface area contributed by atoms with E-state index in [0.29, 0.717) is 28.7 Å². The minimum Gasteiger partial charge on any atom is -0.493 e. The second-order valence-corrected chi connectivity index (χ2v) is 14.8. The number of ether oxygens (including phenoxy) is 2. The van der Waals surface area contributed by atoms with Crippen LogP contribution >= 0.6 is 23.5 Å². The number of hydrogen-bond acceptors (Lipinski definition) is 10. The van der Waals surface area contributed by atoms with Crippen LogP contribution in [0.2, 0.25) is 0 Å². The number of nitrogens with one attached hydrogen (secondary N) is 1. The van der Waals surface area contributed by atoms with E-state index in [0.717, 1.165) is 53.7 Å². The van der Waals surface area contributed by atoms with Gasteiger partial charge >= 0.3 is 0 Å². The molecule has 0 saturated carbocycles. The lowest BCUT2D eigenvalue weighted by Crippen LogP contribution is -2.50. The minimum absolute atomic E-state index is 0.0206. The fourth-order valence-corrected chi connectivity index (χ4v) is 9.62. The SMILES string of the molecule is CC(=O)N1N=C(c2cc(F)ccc2F)SC12c1ccccc1OCC2CC#N.N#CCC1COc2ccccc2C12NN=C(c1cc(F)ccc1F)S2. The lowest BCUT2D eigenvalue weighted by atomic mass is 9.87. The summed E-state index contributed by atoms with van der Waals surface area (Å²) in [5.41, 5.74) is 4.70. The number of hydrazone groups is 2. The number of halogens is 4. The first-order valence-corrected chi connectivity index (χ1v) is 18.0. The Bertz CT molecular complexity index is 2260. The summed E-state index contributed by atoms with van der Waals surface area (Å²) in [5.74, 6) is -1.97. The van der Waals surface area contributed by atoms with Crippen molar-refractivity contribution in [2.24, 2.45) is 22.0 Å². The van der Waals surface area contributed by atoms with Crippen molar-refractivity contribution in [2.45, 2.75) is 29.5 Å². The zero-order chi connectivity index (χ0) is 37.3. The van der Waals surface area contributed by atoms with Gasteiger partial charge in [-0.3, -0.25) is 10.2 Å². The number of nitrogens with zero attached hydrogens (tertiary/aromatic N) is 5.